The molecule has 0 heterocycles. The van der Waals surface area contributed by atoms with Crippen LogP contribution in [-0.2, 0) is 9.59 Å². The molecule has 4 heteroatoms. The lowest BCUT2D eigenvalue weighted by Crippen LogP contribution is -2.42. The van der Waals surface area contributed by atoms with Crippen LogP contribution in [0, 0.1) is 11.8 Å². The van der Waals surface area contributed by atoms with Crippen LogP contribution in [0.4, 0.5) is 0 Å². The molecule has 0 rings (SSSR count). The highest BCUT2D eigenvalue weighted by molar-refractivity contribution is 5.84. The van der Waals surface area contributed by atoms with E-state index < -0.39 is 12.0 Å². The Morgan fingerprint density at radius 1 is 1.20 bits per heavy atom. The zero-order valence-electron chi connectivity index (χ0n) is 9.91. The molecule has 0 fully saturated rings. The highest BCUT2D eigenvalue weighted by Crippen LogP contribution is 2.19. The van der Waals surface area contributed by atoms with Gasteiger partial charge in [0, 0.05) is 5.92 Å². The molecule has 0 spiro atoms. The van der Waals surface area contributed by atoms with Gasteiger partial charge < -0.3 is 10.4 Å². The quantitative estimate of drug-likeness (QED) is 0.708. The summed E-state index contributed by atoms with van der Waals surface area (Å²) in [5.41, 5.74) is 0. The van der Waals surface area contributed by atoms with Crippen LogP contribution in [0.3, 0.4) is 0 Å². The van der Waals surface area contributed by atoms with E-state index in [0.29, 0.717) is 5.92 Å². The third kappa shape index (κ3) is 4.32. The summed E-state index contributed by atoms with van der Waals surface area (Å²) in [5, 5.41) is 11.1. The van der Waals surface area contributed by atoms with E-state index in [9.17, 15) is 9.59 Å². The summed E-state index contributed by atoms with van der Waals surface area (Å²) in [6, 6.07) is -0.811. The summed E-state index contributed by atoms with van der Waals surface area (Å²) >= 11 is 0. The second kappa shape index (κ2) is 6.43. The molecule has 88 valence electrons. The molecule has 0 radical (unpaired) electrons. The van der Waals surface area contributed by atoms with Crippen molar-refractivity contribution < 1.29 is 14.7 Å². The van der Waals surface area contributed by atoms with Gasteiger partial charge in [-0.2, -0.15) is 0 Å². The third-order valence-electron chi connectivity index (χ3n) is 2.90. The van der Waals surface area contributed by atoms with Crippen LogP contribution in [0.15, 0.2) is 0 Å². The van der Waals surface area contributed by atoms with E-state index >= 15 is 0 Å². The summed E-state index contributed by atoms with van der Waals surface area (Å²) in [4.78, 5) is 22.2. The number of carboxylic acids is 1. The van der Waals surface area contributed by atoms with Crippen molar-refractivity contribution in [3.8, 4) is 0 Å². The maximum atomic E-state index is 11.6. The van der Waals surface area contributed by atoms with E-state index in [4.69, 9.17) is 5.11 Å². The first-order valence-corrected chi connectivity index (χ1v) is 5.47. The zero-order chi connectivity index (χ0) is 12.0. The van der Waals surface area contributed by atoms with Crippen LogP contribution in [0.5, 0.6) is 0 Å². The van der Waals surface area contributed by atoms with E-state index in [-0.39, 0.29) is 11.8 Å². The number of nitrogens with one attached hydrogen (secondary N) is 1. The van der Waals surface area contributed by atoms with Crippen LogP contribution in [-0.4, -0.2) is 23.0 Å². The minimum atomic E-state index is -1.000. The van der Waals surface area contributed by atoms with E-state index in [1.807, 2.05) is 20.8 Å². The Morgan fingerprint density at radius 3 is 2.00 bits per heavy atom. The van der Waals surface area contributed by atoms with Crippen molar-refractivity contribution in [3.05, 3.63) is 0 Å². The van der Waals surface area contributed by atoms with Crippen molar-refractivity contribution in [2.75, 3.05) is 0 Å². The minimum Gasteiger partial charge on any atom is -0.480 e. The van der Waals surface area contributed by atoms with Gasteiger partial charge in [0.1, 0.15) is 6.04 Å². The molecule has 2 N–H and O–H groups in total. The first kappa shape index (κ1) is 13.9. The highest BCUT2D eigenvalue weighted by Gasteiger charge is 2.23. The number of amides is 1. The normalized spacial score (nSPS) is 14.7. The van der Waals surface area contributed by atoms with Crippen LogP contribution in [0.25, 0.3) is 0 Å². The van der Waals surface area contributed by atoms with Gasteiger partial charge in [0.15, 0.2) is 0 Å². The highest BCUT2D eigenvalue weighted by atomic mass is 16.4. The lowest BCUT2D eigenvalue weighted by atomic mass is 9.88. The van der Waals surface area contributed by atoms with Crippen LogP contribution in [0.2, 0.25) is 0 Å². The Morgan fingerprint density at radius 2 is 1.67 bits per heavy atom. The first-order chi connectivity index (χ1) is 6.93. The number of hydrogen-bond acceptors (Lipinski definition) is 2. The maximum absolute atomic E-state index is 11.6. The molecule has 0 aliphatic rings. The molecule has 0 bridgehead atoms. The fourth-order valence-corrected chi connectivity index (χ4v) is 1.62. The number of carboxylic acid groups (broad SMARTS) is 1. The number of hydrogen-bond donors (Lipinski definition) is 2. The topological polar surface area (TPSA) is 66.4 Å². The molecule has 15 heavy (non-hydrogen) atoms. The molecular weight excluding hydrogens is 194 g/mol. The number of carbonyl (C=O) groups is 2. The monoisotopic (exact) mass is 215 g/mol. The standard InChI is InChI=1S/C11H21NO3/c1-5-9(6-2)7(3)10(13)12-8(4)11(14)15/h7-9H,5-6H2,1-4H3,(H,12,13)(H,14,15)/t7?,8-/m1/s1. The Balaban J connectivity index is 4.26. The van der Waals surface area contributed by atoms with Crippen molar-refractivity contribution in [1.29, 1.82) is 0 Å². The fraction of sp³-hybridized carbons (Fsp3) is 0.818. The van der Waals surface area contributed by atoms with Gasteiger partial charge in [-0.05, 0) is 12.8 Å². The van der Waals surface area contributed by atoms with Crippen molar-refractivity contribution in [2.45, 2.75) is 46.6 Å². The van der Waals surface area contributed by atoms with Crippen molar-refractivity contribution in [3.63, 3.8) is 0 Å². The summed E-state index contributed by atoms with van der Waals surface area (Å²) in [6.07, 6.45) is 1.87. The Labute approximate surface area is 91.1 Å². The molecule has 0 aromatic heterocycles. The summed E-state index contributed by atoms with van der Waals surface area (Å²) in [5.74, 6) is -0.966. The molecule has 1 unspecified atom stereocenters. The average Bonchev–Trinajstić information content (AvgIpc) is 2.19. The van der Waals surface area contributed by atoms with Crippen molar-refractivity contribution in [1.82, 2.24) is 5.32 Å². The molecule has 0 saturated heterocycles. The lowest BCUT2D eigenvalue weighted by Gasteiger charge is -2.21. The van der Waals surface area contributed by atoms with Crippen molar-refractivity contribution >= 4 is 11.9 Å². The predicted octanol–water partition coefficient (Wildman–Crippen LogP) is 1.65. The lowest BCUT2D eigenvalue weighted by molar-refractivity contribution is -0.142. The van der Waals surface area contributed by atoms with Crippen LogP contribution in [0.1, 0.15) is 40.5 Å². The maximum Gasteiger partial charge on any atom is 0.325 e. The van der Waals surface area contributed by atoms with E-state index in [2.05, 4.69) is 5.32 Å². The SMILES string of the molecule is CCC(CC)C(C)C(=O)N[C@H](C)C(=O)O. The predicted molar refractivity (Wildman–Crippen MR) is 58.5 cm³/mol. The minimum absolute atomic E-state index is 0.123. The number of rotatable bonds is 6. The van der Waals surface area contributed by atoms with Crippen LogP contribution < -0.4 is 5.32 Å². The molecule has 4 nitrogen and oxygen atoms in total. The molecule has 0 aliphatic heterocycles. The third-order valence-corrected chi connectivity index (χ3v) is 2.90. The van der Waals surface area contributed by atoms with Gasteiger partial charge in [0.05, 0.1) is 0 Å². The van der Waals surface area contributed by atoms with E-state index in [1.165, 1.54) is 6.92 Å². The van der Waals surface area contributed by atoms with Gasteiger partial charge >= 0.3 is 5.97 Å². The van der Waals surface area contributed by atoms with Gasteiger partial charge in [-0.15, -0.1) is 0 Å². The number of carbonyl (C=O) groups excluding carboxylic acids is 1. The molecule has 0 aliphatic carbocycles. The Bertz CT molecular complexity index is 224. The van der Waals surface area contributed by atoms with Crippen LogP contribution >= 0.6 is 0 Å². The average molecular weight is 215 g/mol. The number of aliphatic carboxylic acids is 1. The first-order valence-electron chi connectivity index (χ1n) is 5.47. The van der Waals surface area contributed by atoms with Crippen molar-refractivity contribution in [2.24, 2.45) is 11.8 Å². The zero-order valence-corrected chi connectivity index (χ0v) is 9.91. The molecule has 0 aromatic carbocycles. The van der Waals surface area contributed by atoms with Gasteiger partial charge in [0.25, 0.3) is 0 Å². The molecule has 1 amide bonds. The second-order valence-corrected chi connectivity index (χ2v) is 3.93. The van der Waals surface area contributed by atoms with Gasteiger partial charge in [0.2, 0.25) is 5.91 Å². The summed E-state index contributed by atoms with van der Waals surface area (Å²) in [7, 11) is 0. The summed E-state index contributed by atoms with van der Waals surface area (Å²) in [6.45, 7) is 7.40. The molecular formula is C11H21NO3. The fourth-order valence-electron chi connectivity index (χ4n) is 1.62. The Kier molecular flexibility index (Phi) is 5.97. The molecule has 2 atom stereocenters. The molecule has 0 aromatic rings. The Hall–Kier alpha value is -1.06. The second-order valence-electron chi connectivity index (χ2n) is 3.93. The van der Waals surface area contributed by atoms with Gasteiger partial charge in [-0.1, -0.05) is 33.6 Å². The molecule has 0 saturated carbocycles. The van der Waals surface area contributed by atoms with Gasteiger partial charge in [-0.3, -0.25) is 9.59 Å². The summed E-state index contributed by atoms with van der Waals surface area (Å²) < 4.78 is 0. The van der Waals surface area contributed by atoms with E-state index in [0.717, 1.165) is 12.8 Å². The smallest absolute Gasteiger partial charge is 0.325 e. The van der Waals surface area contributed by atoms with Gasteiger partial charge in [-0.25, -0.2) is 0 Å². The largest absolute Gasteiger partial charge is 0.480 e. The van der Waals surface area contributed by atoms with E-state index in [1.54, 1.807) is 0 Å².